The molecule has 1 heterocycles. The summed E-state index contributed by atoms with van der Waals surface area (Å²) < 4.78 is 43.0. The predicted molar refractivity (Wildman–Crippen MR) is 109 cm³/mol. The lowest BCUT2D eigenvalue weighted by Gasteiger charge is -2.10. The number of alkyl halides is 3. The summed E-state index contributed by atoms with van der Waals surface area (Å²) in [6.07, 6.45) is -3.00. The Morgan fingerprint density at radius 1 is 1.07 bits per heavy atom. The molecule has 30 heavy (non-hydrogen) atoms. The second-order valence-electron chi connectivity index (χ2n) is 6.11. The van der Waals surface area contributed by atoms with Crippen LogP contribution in [0.2, 0.25) is 15.1 Å². The molecule has 0 aliphatic heterocycles. The van der Waals surface area contributed by atoms with Crippen molar-refractivity contribution < 1.29 is 22.7 Å². The maximum atomic E-state index is 12.5. The lowest BCUT2D eigenvalue weighted by molar-refractivity contribution is -0.153. The Bertz CT molecular complexity index is 1050. The first-order valence-corrected chi connectivity index (χ1v) is 9.52. The molecule has 11 heteroatoms. The van der Waals surface area contributed by atoms with Crippen molar-refractivity contribution in [3.8, 4) is 5.75 Å². The van der Waals surface area contributed by atoms with Crippen molar-refractivity contribution >= 4 is 46.5 Å². The second-order valence-corrected chi connectivity index (χ2v) is 7.33. The molecule has 0 aliphatic rings. The van der Waals surface area contributed by atoms with Gasteiger partial charge in [-0.3, -0.25) is 9.48 Å². The molecule has 0 saturated heterocycles. The lowest BCUT2D eigenvalue weighted by Crippen LogP contribution is -2.19. The highest BCUT2D eigenvalue weighted by atomic mass is 35.5. The first-order valence-electron chi connectivity index (χ1n) is 8.39. The van der Waals surface area contributed by atoms with Gasteiger partial charge in [-0.1, -0.05) is 46.9 Å². The molecule has 0 aliphatic carbocycles. The van der Waals surface area contributed by atoms with Crippen LogP contribution in [0.25, 0.3) is 0 Å². The third-order valence-electron chi connectivity index (χ3n) is 3.83. The van der Waals surface area contributed by atoms with Gasteiger partial charge in [0.2, 0.25) is 0 Å². The monoisotopic (exact) mass is 477 g/mol. The average molecular weight is 479 g/mol. The molecule has 3 rings (SSSR count). The minimum absolute atomic E-state index is 0.0754. The molecule has 0 saturated carbocycles. The lowest BCUT2D eigenvalue weighted by atomic mass is 10.2. The van der Waals surface area contributed by atoms with E-state index in [0.29, 0.717) is 15.6 Å². The van der Waals surface area contributed by atoms with Crippen LogP contribution in [0.3, 0.4) is 0 Å². The third kappa shape index (κ3) is 5.81. The van der Waals surface area contributed by atoms with Crippen LogP contribution >= 0.6 is 34.8 Å². The molecule has 0 spiro atoms. The number of nitrogens with zero attached hydrogens (tertiary/aromatic N) is 2. The summed E-state index contributed by atoms with van der Waals surface area (Å²) in [7, 11) is 0. The second kappa shape index (κ2) is 9.16. The molecule has 158 valence electrons. The molecule has 0 atom stereocenters. The minimum Gasteiger partial charge on any atom is -0.484 e. The van der Waals surface area contributed by atoms with E-state index in [2.05, 4.69) is 15.2 Å². The van der Waals surface area contributed by atoms with Gasteiger partial charge in [-0.15, -0.1) is 0 Å². The number of amides is 1. The zero-order valence-electron chi connectivity index (χ0n) is 15.0. The number of halogens is 6. The number of rotatable bonds is 6. The smallest absolute Gasteiger partial charge is 0.422 e. The van der Waals surface area contributed by atoms with Gasteiger partial charge in [-0.2, -0.15) is 18.3 Å². The molecular weight excluding hydrogens is 466 g/mol. The number of anilines is 1. The first-order chi connectivity index (χ1) is 14.1. The van der Waals surface area contributed by atoms with Crippen molar-refractivity contribution in [2.75, 3.05) is 11.9 Å². The van der Waals surface area contributed by atoms with E-state index in [1.54, 1.807) is 18.2 Å². The van der Waals surface area contributed by atoms with Crippen LogP contribution in [0.15, 0.2) is 48.7 Å². The predicted octanol–water partition coefficient (Wildman–Crippen LogP) is 6.09. The molecule has 0 unspecified atom stereocenters. The number of carbonyl (C=O) groups is 1. The standard InChI is InChI=1S/C19H13Cl3F3N3O2/c20-14-5-2-6-15(21)13(14)8-28-9-16(22)17(27-28)26-18(29)11-3-1-4-12(7-11)30-10-19(23,24)25/h1-7,9H,8,10H2,(H,26,27,29). The average Bonchev–Trinajstić information content (AvgIpc) is 3.02. The summed E-state index contributed by atoms with van der Waals surface area (Å²) in [5, 5.41) is 7.79. The molecule has 1 N–H and O–H groups in total. The largest absolute Gasteiger partial charge is 0.484 e. The van der Waals surface area contributed by atoms with Gasteiger partial charge in [0, 0.05) is 27.4 Å². The summed E-state index contributed by atoms with van der Waals surface area (Å²) in [4.78, 5) is 12.5. The topological polar surface area (TPSA) is 56.2 Å². The quantitative estimate of drug-likeness (QED) is 0.467. The number of hydrogen-bond acceptors (Lipinski definition) is 3. The van der Waals surface area contributed by atoms with E-state index < -0.39 is 18.7 Å². The van der Waals surface area contributed by atoms with Gasteiger partial charge in [-0.25, -0.2) is 0 Å². The third-order valence-corrected chi connectivity index (χ3v) is 4.81. The van der Waals surface area contributed by atoms with E-state index in [1.165, 1.54) is 35.1 Å². The van der Waals surface area contributed by atoms with Gasteiger partial charge in [-0.05, 0) is 30.3 Å². The molecule has 5 nitrogen and oxygen atoms in total. The van der Waals surface area contributed by atoms with Gasteiger partial charge in [0.05, 0.1) is 6.54 Å². The summed E-state index contributed by atoms with van der Waals surface area (Å²) in [6.45, 7) is -1.24. The molecule has 0 bridgehead atoms. The van der Waals surface area contributed by atoms with Gasteiger partial charge < -0.3 is 10.1 Å². The maximum Gasteiger partial charge on any atom is 0.422 e. The Balaban J connectivity index is 1.72. The van der Waals surface area contributed by atoms with Crippen LogP contribution < -0.4 is 10.1 Å². The Labute approximate surface area is 184 Å². The highest BCUT2D eigenvalue weighted by Crippen LogP contribution is 2.27. The van der Waals surface area contributed by atoms with E-state index in [1.807, 2.05) is 0 Å². The minimum atomic E-state index is -4.48. The molecule has 0 fully saturated rings. The van der Waals surface area contributed by atoms with E-state index in [0.717, 1.165) is 0 Å². The number of benzene rings is 2. The number of nitrogens with one attached hydrogen (secondary N) is 1. The fraction of sp³-hybridized carbons (Fsp3) is 0.158. The summed E-state index contributed by atoms with van der Waals surface area (Å²) >= 11 is 18.4. The molecule has 1 amide bonds. The van der Waals surface area contributed by atoms with Crippen molar-refractivity contribution in [1.29, 1.82) is 0 Å². The van der Waals surface area contributed by atoms with Gasteiger partial charge >= 0.3 is 6.18 Å². The normalized spacial score (nSPS) is 11.4. The molecule has 3 aromatic rings. The van der Waals surface area contributed by atoms with Crippen LogP contribution in [-0.2, 0) is 6.54 Å². The molecular formula is C19H13Cl3F3N3O2. The van der Waals surface area contributed by atoms with Crippen molar-refractivity contribution in [1.82, 2.24) is 9.78 Å². The summed E-state index contributed by atoms with van der Waals surface area (Å²) in [5.74, 6) is -0.633. The van der Waals surface area contributed by atoms with Crippen LogP contribution in [-0.4, -0.2) is 28.5 Å². The summed E-state index contributed by atoms with van der Waals surface area (Å²) in [6, 6.07) is 10.4. The Hall–Kier alpha value is -2.42. The van der Waals surface area contributed by atoms with Crippen LogP contribution in [0.1, 0.15) is 15.9 Å². The number of ether oxygens (including phenoxy) is 1. The number of aromatic nitrogens is 2. The van der Waals surface area contributed by atoms with Gasteiger partial charge in [0.1, 0.15) is 10.8 Å². The zero-order valence-corrected chi connectivity index (χ0v) is 17.3. The SMILES string of the molecule is O=C(Nc1nn(Cc2c(Cl)cccc2Cl)cc1Cl)c1cccc(OCC(F)(F)F)c1. The van der Waals surface area contributed by atoms with Crippen LogP contribution in [0.5, 0.6) is 5.75 Å². The highest BCUT2D eigenvalue weighted by molar-refractivity contribution is 6.36. The van der Waals surface area contributed by atoms with Crippen molar-refractivity contribution in [2.45, 2.75) is 12.7 Å². The van der Waals surface area contributed by atoms with Crippen LogP contribution in [0, 0.1) is 0 Å². The van der Waals surface area contributed by atoms with Crippen molar-refractivity contribution in [3.63, 3.8) is 0 Å². The fourth-order valence-corrected chi connectivity index (χ4v) is 3.19. The molecule has 2 aromatic carbocycles. The van der Waals surface area contributed by atoms with E-state index in [9.17, 15) is 18.0 Å². The first kappa shape index (κ1) is 22.3. The Morgan fingerprint density at radius 3 is 2.40 bits per heavy atom. The number of carbonyl (C=O) groups excluding carboxylic acids is 1. The van der Waals surface area contributed by atoms with Crippen LogP contribution in [0.4, 0.5) is 19.0 Å². The zero-order chi connectivity index (χ0) is 21.9. The Morgan fingerprint density at radius 2 is 1.73 bits per heavy atom. The molecule has 0 radical (unpaired) electrons. The summed E-state index contributed by atoms with van der Waals surface area (Å²) in [5.41, 5.74) is 0.710. The Kier molecular flexibility index (Phi) is 6.80. The molecule has 1 aromatic heterocycles. The van der Waals surface area contributed by atoms with Crippen molar-refractivity contribution in [3.05, 3.63) is 74.9 Å². The van der Waals surface area contributed by atoms with Crippen molar-refractivity contribution in [2.24, 2.45) is 0 Å². The maximum absolute atomic E-state index is 12.5. The van der Waals surface area contributed by atoms with E-state index in [-0.39, 0.29) is 28.7 Å². The van der Waals surface area contributed by atoms with Gasteiger partial charge in [0.15, 0.2) is 12.4 Å². The van der Waals surface area contributed by atoms with E-state index in [4.69, 9.17) is 34.8 Å². The van der Waals surface area contributed by atoms with Gasteiger partial charge in [0.25, 0.3) is 5.91 Å². The highest BCUT2D eigenvalue weighted by Gasteiger charge is 2.28. The number of hydrogen-bond donors (Lipinski definition) is 1. The fourth-order valence-electron chi connectivity index (χ4n) is 2.48. The van der Waals surface area contributed by atoms with E-state index >= 15 is 0 Å².